The van der Waals surface area contributed by atoms with Gasteiger partial charge in [-0.05, 0) is 58.6 Å². The molecule has 1 aromatic rings. The molecule has 0 heterocycles. The van der Waals surface area contributed by atoms with Crippen LogP contribution in [-0.4, -0.2) is 0 Å². The van der Waals surface area contributed by atoms with E-state index in [1.165, 1.54) is 16.7 Å². The molecule has 0 amide bonds. The van der Waals surface area contributed by atoms with Crippen molar-refractivity contribution in [3.63, 3.8) is 0 Å². The first-order valence-corrected chi connectivity index (χ1v) is 10.2. The first-order valence-electron chi connectivity index (χ1n) is 10.2. The molecule has 2 bridgehead atoms. The number of allylic oxidation sites excluding steroid dienone is 8. The predicted octanol–water partition coefficient (Wildman–Crippen LogP) is 7.55. The van der Waals surface area contributed by atoms with Crippen molar-refractivity contribution in [2.75, 3.05) is 0 Å². The smallest absolute Gasteiger partial charge is 0.126 e. The standard InChI is InChI=1S/C26H29F/c1-6-8-10-18-13-14-19-11-9-12-21-22(19)16(3)23-20(18)15-17(7-2)25(27)24(23)26(21,4)5/h8-14,18,20H,3,6-7,15H2,1-2,4-5H3/b10-8?,14-13-. The Morgan fingerprint density at radius 2 is 2.04 bits per heavy atom. The molecule has 1 heteroatoms. The van der Waals surface area contributed by atoms with E-state index < -0.39 is 0 Å². The maximum absolute atomic E-state index is 15.7. The molecule has 0 N–H and O–H groups in total. The molecule has 0 nitrogen and oxygen atoms in total. The minimum absolute atomic E-state index is 0.0220. The third-order valence-corrected chi connectivity index (χ3v) is 6.64. The summed E-state index contributed by atoms with van der Waals surface area (Å²) in [6, 6.07) is 6.41. The summed E-state index contributed by atoms with van der Waals surface area (Å²) >= 11 is 0. The summed E-state index contributed by atoms with van der Waals surface area (Å²) in [5, 5.41) is 0. The number of rotatable bonds is 3. The zero-order chi connectivity index (χ0) is 19.3. The summed E-state index contributed by atoms with van der Waals surface area (Å²) in [5.74, 6) is 0.558. The minimum Gasteiger partial charge on any atom is -0.207 e. The second kappa shape index (κ2) is 6.48. The molecule has 2 atom stereocenters. The van der Waals surface area contributed by atoms with E-state index in [9.17, 15) is 0 Å². The molecular formula is C26H29F. The highest BCUT2D eigenvalue weighted by atomic mass is 19.1. The molecule has 0 fully saturated rings. The molecule has 4 rings (SSSR count). The Hall–Kier alpha value is -2.15. The molecule has 0 spiro atoms. The van der Waals surface area contributed by atoms with Crippen LogP contribution in [0.2, 0.25) is 0 Å². The van der Waals surface area contributed by atoms with Gasteiger partial charge in [-0.15, -0.1) is 0 Å². The fraction of sp³-hybridized carbons (Fsp3) is 0.385. The summed E-state index contributed by atoms with van der Waals surface area (Å²) in [7, 11) is 0. The molecule has 3 aliphatic carbocycles. The van der Waals surface area contributed by atoms with Gasteiger partial charge >= 0.3 is 0 Å². The van der Waals surface area contributed by atoms with Crippen molar-refractivity contribution in [3.05, 3.63) is 82.2 Å². The van der Waals surface area contributed by atoms with Crippen LogP contribution >= 0.6 is 0 Å². The quantitative estimate of drug-likeness (QED) is 0.488. The molecule has 27 heavy (non-hydrogen) atoms. The number of halogens is 1. The third kappa shape index (κ3) is 2.55. The molecule has 0 saturated heterocycles. The van der Waals surface area contributed by atoms with Gasteiger partial charge in [-0.3, -0.25) is 0 Å². The normalized spacial score (nSPS) is 27.1. The average molecular weight is 361 g/mol. The highest BCUT2D eigenvalue weighted by Gasteiger charge is 2.45. The van der Waals surface area contributed by atoms with Crippen LogP contribution in [0.4, 0.5) is 4.39 Å². The molecule has 0 aromatic heterocycles. The van der Waals surface area contributed by atoms with Crippen LogP contribution in [0.15, 0.2) is 65.6 Å². The fourth-order valence-electron chi connectivity index (χ4n) is 5.23. The molecule has 140 valence electrons. The lowest BCUT2D eigenvalue weighted by atomic mass is 9.58. The Bertz CT molecular complexity index is 933. The number of benzene rings is 1. The van der Waals surface area contributed by atoms with E-state index in [-0.39, 0.29) is 23.1 Å². The first-order chi connectivity index (χ1) is 12.9. The van der Waals surface area contributed by atoms with Crippen LogP contribution in [0.3, 0.4) is 0 Å². The van der Waals surface area contributed by atoms with Gasteiger partial charge in [0.25, 0.3) is 0 Å². The fourth-order valence-corrected chi connectivity index (χ4v) is 5.23. The molecule has 0 saturated carbocycles. The van der Waals surface area contributed by atoms with E-state index in [1.807, 2.05) is 0 Å². The lowest BCUT2D eigenvalue weighted by Gasteiger charge is -2.45. The Kier molecular flexibility index (Phi) is 4.37. The maximum atomic E-state index is 15.7. The van der Waals surface area contributed by atoms with Gasteiger partial charge in [-0.25, -0.2) is 4.39 Å². The van der Waals surface area contributed by atoms with E-state index >= 15 is 4.39 Å². The second-order valence-electron chi connectivity index (χ2n) is 8.52. The van der Waals surface area contributed by atoms with E-state index in [2.05, 4.69) is 76.8 Å². The summed E-state index contributed by atoms with van der Waals surface area (Å²) in [6.45, 7) is 13.1. The highest BCUT2D eigenvalue weighted by Crippen LogP contribution is 2.57. The van der Waals surface area contributed by atoms with E-state index in [4.69, 9.17) is 0 Å². The number of hydrogen-bond acceptors (Lipinski definition) is 0. The third-order valence-electron chi connectivity index (χ3n) is 6.64. The van der Waals surface area contributed by atoms with E-state index in [0.29, 0.717) is 0 Å². The van der Waals surface area contributed by atoms with Crippen LogP contribution in [0.25, 0.3) is 11.6 Å². The minimum atomic E-state index is -0.352. The first kappa shape index (κ1) is 18.2. The van der Waals surface area contributed by atoms with Crippen LogP contribution in [0.1, 0.15) is 63.6 Å². The van der Waals surface area contributed by atoms with Crippen molar-refractivity contribution in [2.24, 2.45) is 11.8 Å². The Morgan fingerprint density at radius 3 is 2.74 bits per heavy atom. The van der Waals surface area contributed by atoms with Gasteiger partial charge in [0, 0.05) is 16.9 Å². The summed E-state index contributed by atoms with van der Waals surface area (Å²) in [5.41, 5.74) is 7.30. The van der Waals surface area contributed by atoms with Gasteiger partial charge in [0.05, 0.1) is 0 Å². The predicted molar refractivity (Wildman–Crippen MR) is 114 cm³/mol. The van der Waals surface area contributed by atoms with Crippen molar-refractivity contribution in [3.8, 4) is 0 Å². The largest absolute Gasteiger partial charge is 0.207 e. The van der Waals surface area contributed by atoms with Crippen LogP contribution in [0.5, 0.6) is 0 Å². The lowest BCUT2D eigenvalue weighted by molar-refractivity contribution is 0.448. The van der Waals surface area contributed by atoms with E-state index in [0.717, 1.165) is 41.6 Å². The Balaban J connectivity index is 2.09. The van der Waals surface area contributed by atoms with Crippen molar-refractivity contribution in [1.82, 2.24) is 0 Å². The molecule has 0 aliphatic heterocycles. The van der Waals surface area contributed by atoms with Gasteiger partial charge in [-0.2, -0.15) is 0 Å². The van der Waals surface area contributed by atoms with Crippen molar-refractivity contribution < 1.29 is 4.39 Å². The van der Waals surface area contributed by atoms with Gasteiger partial charge in [0.1, 0.15) is 5.83 Å². The monoisotopic (exact) mass is 360 g/mol. The van der Waals surface area contributed by atoms with Crippen molar-refractivity contribution in [2.45, 2.75) is 52.4 Å². The van der Waals surface area contributed by atoms with Gasteiger partial charge in [-0.1, -0.05) is 76.8 Å². The van der Waals surface area contributed by atoms with Crippen LogP contribution in [0, 0.1) is 11.8 Å². The molecule has 0 radical (unpaired) electrons. The zero-order valence-electron chi connectivity index (χ0n) is 16.9. The summed E-state index contributed by atoms with van der Waals surface area (Å²) < 4.78 is 15.7. The van der Waals surface area contributed by atoms with Gasteiger partial charge < -0.3 is 0 Å². The van der Waals surface area contributed by atoms with Gasteiger partial charge in [0.15, 0.2) is 0 Å². The highest BCUT2D eigenvalue weighted by molar-refractivity contribution is 5.91. The lowest BCUT2D eigenvalue weighted by Crippen LogP contribution is -2.35. The second-order valence-corrected chi connectivity index (χ2v) is 8.52. The van der Waals surface area contributed by atoms with Crippen LogP contribution < -0.4 is 0 Å². The summed E-state index contributed by atoms with van der Waals surface area (Å²) in [4.78, 5) is 0. The molecule has 1 aromatic carbocycles. The Morgan fingerprint density at radius 1 is 1.26 bits per heavy atom. The van der Waals surface area contributed by atoms with Crippen molar-refractivity contribution >= 4 is 11.6 Å². The van der Waals surface area contributed by atoms with E-state index in [1.54, 1.807) is 0 Å². The average Bonchev–Trinajstić information content (AvgIpc) is 2.65. The Labute approximate surface area is 162 Å². The summed E-state index contributed by atoms with van der Waals surface area (Å²) in [6.07, 6.45) is 11.7. The molecule has 2 unspecified atom stereocenters. The molecule has 3 aliphatic rings. The topological polar surface area (TPSA) is 0 Å². The van der Waals surface area contributed by atoms with Crippen molar-refractivity contribution in [1.29, 1.82) is 0 Å². The SMILES string of the molecule is C=C1C2=C3C(F)=C(CC)CC2C(C=CCC)/C=C\c2cccc(c21)C3(C)C. The zero-order valence-corrected chi connectivity index (χ0v) is 16.9. The molecular weight excluding hydrogens is 331 g/mol. The van der Waals surface area contributed by atoms with Crippen LogP contribution in [-0.2, 0) is 5.41 Å². The maximum Gasteiger partial charge on any atom is 0.126 e. The number of hydrogen-bond donors (Lipinski definition) is 0. The van der Waals surface area contributed by atoms with Gasteiger partial charge in [0.2, 0.25) is 0 Å².